The zero-order valence-electron chi connectivity index (χ0n) is 15.8. The molecule has 4 rings (SSSR count). The van der Waals surface area contributed by atoms with Gasteiger partial charge in [0.15, 0.2) is 0 Å². The van der Waals surface area contributed by atoms with Crippen LogP contribution in [0.2, 0.25) is 0 Å². The van der Waals surface area contributed by atoms with E-state index in [1.807, 2.05) is 0 Å². The summed E-state index contributed by atoms with van der Waals surface area (Å²) < 4.78 is 0. The normalized spacial score (nSPS) is 16.5. The Hall–Kier alpha value is -3.26. The summed E-state index contributed by atoms with van der Waals surface area (Å²) in [4.78, 5) is 2.36. The fraction of sp³-hybridized carbons (Fsp3) is 0.120. The van der Waals surface area contributed by atoms with Gasteiger partial charge in [-0.05, 0) is 55.8 Å². The van der Waals surface area contributed by atoms with Crippen molar-refractivity contribution < 1.29 is 0 Å². The van der Waals surface area contributed by atoms with Gasteiger partial charge in [0.25, 0.3) is 0 Å². The molecule has 3 aromatic rings. The fourth-order valence-electron chi connectivity index (χ4n) is 3.49. The maximum absolute atomic E-state index is 3.62. The third-order valence-corrected chi connectivity index (χ3v) is 4.90. The zero-order valence-corrected chi connectivity index (χ0v) is 15.8. The van der Waals surface area contributed by atoms with Crippen LogP contribution in [-0.4, -0.2) is 6.54 Å². The van der Waals surface area contributed by atoms with Crippen LogP contribution in [0.1, 0.15) is 18.1 Å². The molecule has 1 N–H and O–H groups in total. The summed E-state index contributed by atoms with van der Waals surface area (Å²) in [6, 6.07) is 25.6. The van der Waals surface area contributed by atoms with Crippen LogP contribution in [0.25, 0.3) is 5.57 Å². The lowest BCUT2D eigenvalue weighted by molar-refractivity contribution is 1.09. The van der Waals surface area contributed by atoms with Gasteiger partial charge in [-0.2, -0.15) is 0 Å². The van der Waals surface area contributed by atoms with Crippen LogP contribution < -0.4 is 10.2 Å². The number of aryl methyl sites for hydroxylation is 1. The molecule has 0 saturated carbocycles. The molecule has 1 aliphatic heterocycles. The smallest absolute Gasteiger partial charge is 0.0511 e. The van der Waals surface area contributed by atoms with Gasteiger partial charge in [0, 0.05) is 29.2 Å². The number of allylic oxidation sites excluding steroid dienone is 3. The summed E-state index contributed by atoms with van der Waals surface area (Å²) in [5.41, 5.74) is 8.40. The zero-order chi connectivity index (χ0) is 18.6. The first-order chi connectivity index (χ1) is 13.2. The monoisotopic (exact) mass is 352 g/mol. The molecule has 0 radical (unpaired) electrons. The maximum atomic E-state index is 3.62. The van der Waals surface area contributed by atoms with Crippen molar-refractivity contribution in [3.8, 4) is 0 Å². The van der Waals surface area contributed by atoms with Gasteiger partial charge in [-0.3, -0.25) is 0 Å². The van der Waals surface area contributed by atoms with Gasteiger partial charge in [0.2, 0.25) is 0 Å². The number of benzene rings is 3. The van der Waals surface area contributed by atoms with Crippen LogP contribution in [-0.2, 0) is 0 Å². The lowest BCUT2D eigenvalue weighted by Crippen LogP contribution is -2.19. The summed E-state index contributed by atoms with van der Waals surface area (Å²) in [6.07, 6.45) is 6.55. The highest BCUT2D eigenvalue weighted by Gasteiger charge is 2.18. The SMILES string of the molecule is C/C1=C\C=C/CN(c2ccccc2)c2cccc(Nc3ccc(C)cc3)c21. The van der Waals surface area contributed by atoms with E-state index in [0.717, 1.165) is 17.9 Å². The summed E-state index contributed by atoms with van der Waals surface area (Å²) in [5, 5.41) is 3.62. The molecule has 0 fully saturated rings. The Morgan fingerprint density at radius 2 is 1.59 bits per heavy atom. The molecule has 0 spiro atoms. The van der Waals surface area contributed by atoms with Gasteiger partial charge in [-0.1, -0.05) is 60.2 Å². The van der Waals surface area contributed by atoms with Crippen LogP contribution in [0.15, 0.2) is 91.0 Å². The molecule has 0 bridgehead atoms. The average molecular weight is 352 g/mol. The van der Waals surface area contributed by atoms with Crippen molar-refractivity contribution in [1.29, 1.82) is 0 Å². The number of nitrogens with one attached hydrogen (secondary N) is 1. The third kappa shape index (κ3) is 3.65. The molecule has 2 nitrogen and oxygen atoms in total. The number of hydrogen-bond donors (Lipinski definition) is 1. The molecule has 134 valence electrons. The highest BCUT2D eigenvalue weighted by Crippen LogP contribution is 2.39. The molecule has 2 heteroatoms. The summed E-state index contributed by atoms with van der Waals surface area (Å²) in [5.74, 6) is 0. The highest BCUT2D eigenvalue weighted by molar-refractivity contribution is 5.89. The van der Waals surface area contributed by atoms with E-state index < -0.39 is 0 Å². The first-order valence-electron chi connectivity index (χ1n) is 9.35. The lowest BCUT2D eigenvalue weighted by Gasteiger charge is -2.29. The van der Waals surface area contributed by atoms with E-state index in [0.29, 0.717) is 0 Å². The number of nitrogens with zero attached hydrogens (tertiary/aromatic N) is 1. The van der Waals surface area contributed by atoms with E-state index in [4.69, 9.17) is 0 Å². The van der Waals surface area contributed by atoms with Crippen molar-refractivity contribution >= 4 is 28.3 Å². The van der Waals surface area contributed by atoms with Crippen molar-refractivity contribution in [2.24, 2.45) is 0 Å². The largest absolute Gasteiger partial charge is 0.355 e. The Kier molecular flexibility index (Phi) is 4.80. The van der Waals surface area contributed by atoms with Gasteiger partial charge in [0.05, 0.1) is 5.69 Å². The van der Waals surface area contributed by atoms with E-state index in [1.54, 1.807) is 0 Å². The second kappa shape index (κ2) is 7.55. The molecule has 0 amide bonds. The molecule has 0 saturated heterocycles. The molecule has 0 atom stereocenters. The number of rotatable bonds is 3. The Bertz CT molecular complexity index is 983. The van der Waals surface area contributed by atoms with Crippen LogP contribution in [0.5, 0.6) is 0 Å². The van der Waals surface area contributed by atoms with Crippen LogP contribution in [0.4, 0.5) is 22.7 Å². The molecular formula is C25H24N2. The molecule has 1 heterocycles. The van der Waals surface area contributed by atoms with Crippen LogP contribution in [0, 0.1) is 6.92 Å². The second-order valence-corrected chi connectivity index (χ2v) is 6.91. The molecule has 3 aromatic carbocycles. The minimum Gasteiger partial charge on any atom is -0.355 e. The van der Waals surface area contributed by atoms with Crippen LogP contribution in [0.3, 0.4) is 0 Å². The van der Waals surface area contributed by atoms with Crippen molar-refractivity contribution in [1.82, 2.24) is 0 Å². The third-order valence-electron chi connectivity index (χ3n) is 4.90. The standard InChI is InChI=1S/C25H24N2/c1-19-14-16-21(17-15-19)26-23-12-8-13-24-25(23)20(2)9-6-7-18-27(24)22-10-4-3-5-11-22/h3-17,26H,18H2,1-2H3/b7-6-,20-9+. The fourth-order valence-corrected chi connectivity index (χ4v) is 3.49. The van der Waals surface area contributed by atoms with Crippen molar-refractivity contribution in [2.75, 3.05) is 16.8 Å². The molecule has 1 aliphatic rings. The van der Waals surface area contributed by atoms with E-state index in [9.17, 15) is 0 Å². The van der Waals surface area contributed by atoms with Gasteiger partial charge in [-0.25, -0.2) is 0 Å². The average Bonchev–Trinajstić information content (AvgIpc) is 2.69. The Balaban J connectivity index is 1.83. The van der Waals surface area contributed by atoms with E-state index in [2.05, 4.69) is 115 Å². The minimum atomic E-state index is 0.842. The minimum absolute atomic E-state index is 0.842. The van der Waals surface area contributed by atoms with Crippen molar-refractivity contribution in [3.63, 3.8) is 0 Å². The second-order valence-electron chi connectivity index (χ2n) is 6.91. The Labute approximate surface area is 161 Å². The van der Waals surface area contributed by atoms with E-state index in [-0.39, 0.29) is 0 Å². The molecule has 0 aliphatic carbocycles. The van der Waals surface area contributed by atoms with Gasteiger partial charge in [0.1, 0.15) is 0 Å². The maximum Gasteiger partial charge on any atom is 0.0511 e. The summed E-state index contributed by atoms with van der Waals surface area (Å²) in [7, 11) is 0. The summed E-state index contributed by atoms with van der Waals surface area (Å²) >= 11 is 0. The van der Waals surface area contributed by atoms with Gasteiger partial charge < -0.3 is 10.2 Å². The highest BCUT2D eigenvalue weighted by atomic mass is 15.1. The molecular weight excluding hydrogens is 328 g/mol. The molecule has 27 heavy (non-hydrogen) atoms. The van der Waals surface area contributed by atoms with Crippen molar-refractivity contribution in [2.45, 2.75) is 13.8 Å². The van der Waals surface area contributed by atoms with Crippen LogP contribution >= 0.6 is 0 Å². The van der Waals surface area contributed by atoms with Gasteiger partial charge in [-0.15, -0.1) is 0 Å². The first-order valence-corrected chi connectivity index (χ1v) is 9.35. The Morgan fingerprint density at radius 1 is 0.815 bits per heavy atom. The lowest BCUT2D eigenvalue weighted by atomic mass is 9.99. The quantitative estimate of drug-likeness (QED) is 0.554. The van der Waals surface area contributed by atoms with E-state index in [1.165, 1.54) is 28.1 Å². The molecule has 0 aromatic heterocycles. The van der Waals surface area contributed by atoms with Crippen molar-refractivity contribution in [3.05, 3.63) is 102 Å². The number of anilines is 4. The Morgan fingerprint density at radius 3 is 2.37 bits per heavy atom. The van der Waals surface area contributed by atoms with E-state index >= 15 is 0 Å². The summed E-state index contributed by atoms with van der Waals surface area (Å²) in [6.45, 7) is 5.13. The number of para-hydroxylation sites is 1. The predicted octanol–water partition coefficient (Wildman–Crippen LogP) is 6.85. The predicted molar refractivity (Wildman–Crippen MR) is 117 cm³/mol. The van der Waals surface area contributed by atoms with Gasteiger partial charge >= 0.3 is 0 Å². The first kappa shape index (κ1) is 17.2. The number of hydrogen-bond acceptors (Lipinski definition) is 2. The topological polar surface area (TPSA) is 15.3 Å². The number of fused-ring (bicyclic) bond motifs is 1. The molecule has 0 unspecified atom stereocenters.